The highest BCUT2D eigenvalue weighted by Crippen LogP contribution is 2.25. The number of rotatable bonds is 7. The molecule has 8 heteroatoms. The number of carbonyl (C=O) groups is 3. The lowest BCUT2D eigenvalue weighted by molar-refractivity contribution is -0.119. The Labute approximate surface area is 180 Å². The summed E-state index contributed by atoms with van der Waals surface area (Å²) in [4.78, 5) is 41.0. The van der Waals surface area contributed by atoms with Gasteiger partial charge in [-0.1, -0.05) is 13.8 Å². The summed E-state index contributed by atoms with van der Waals surface area (Å²) in [5, 5.41) is 7.58. The minimum Gasteiger partial charge on any atom is -0.452 e. The number of nitrogens with one attached hydrogen (secondary N) is 1. The summed E-state index contributed by atoms with van der Waals surface area (Å²) in [5.41, 5.74) is 2.76. The molecule has 0 unspecified atom stereocenters. The van der Waals surface area contributed by atoms with E-state index in [1.165, 1.54) is 6.92 Å². The number of amides is 1. The maximum atomic E-state index is 12.8. The average Bonchev–Trinajstić information content (AvgIpc) is 3.16. The summed E-state index contributed by atoms with van der Waals surface area (Å²) >= 11 is 0. The molecule has 1 amide bonds. The first-order valence-corrected chi connectivity index (χ1v) is 10.1. The van der Waals surface area contributed by atoms with Crippen LogP contribution < -0.4 is 5.32 Å². The number of nitrogens with zero attached hydrogens (tertiary/aromatic N) is 3. The maximum absolute atomic E-state index is 12.8. The van der Waals surface area contributed by atoms with Gasteiger partial charge in [-0.15, -0.1) is 0 Å². The van der Waals surface area contributed by atoms with Crippen molar-refractivity contribution < 1.29 is 19.1 Å². The van der Waals surface area contributed by atoms with Gasteiger partial charge in [0.15, 0.2) is 18.0 Å². The van der Waals surface area contributed by atoms with Gasteiger partial charge in [0, 0.05) is 23.0 Å². The highest BCUT2D eigenvalue weighted by atomic mass is 16.5. The number of hydrogen-bond donors (Lipinski definition) is 1. The Balaban J connectivity index is 1.75. The van der Waals surface area contributed by atoms with Crippen LogP contribution in [0.15, 0.2) is 36.5 Å². The molecular formula is C23H26N4O4. The van der Waals surface area contributed by atoms with Gasteiger partial charge in [-0.3, -0.25) is 9.59 Å². The quantitative estimate of drug-likeness (QED) is 0.453. The third-order valence-electron chi connectivity index (χ3n) is 4.80. The van der Waals surface area contributed by atoms with Crippen molar-refractivity contribution >= 4 is 34.4 Å². The Morgan fingerprint density at radius 1 is 1.10 bits per heavy atom. The van der Waals surface area contributed by atoms with E-state index in [-0.39, 0.29) is 17.7 Å². The Kier molecular flexibility index (Phi) is 6.48. The van der Waals surface area contributed by atoms with Gasteiger partial charge in [0.1, 0.15) is 0 Å². The predicted molar refractivity (Wildman–Crippen MR) is 117 cm³/mol. The van der Waals surface area contributed by atoms with Crippen LogP contribution in [-0.2, 0) is 9.53 Å². The van der Waals surface area contributed by atoms with Gasteiger partial charge in [0.25, 0.3) is 5.91 Å². The molecule has 0 aliphatic carbocycles. The number of Topliss-reactive ketones (excluding diaryl/α,β-unsaturated/α-hetero) is 1. The first-order valence-electron chi connectivity index (χ1n) is 10.1. The van der Waals surface area contributed by atoms with Crippen LogP contribution in [0.1, 0.15) is 73.0 Å². The summed E-state index contributed by atoms with van der Waals surface area (Å²) in [5.74, 6) is -1.04. The zero-order chi connectivity index (χ0) is 22.7. The molecule has 0 radical (unpaired) electrons. The topological polar surface area (TPSA) is 103 Å². The van der Waals surface area contributed by atoms with Crippen LogP contribution >= 0.6 is 0 Å². The molecule has 0 saturated heterocycles. The number of pyridine rings is 1. The molecule has 162 valence electrons. The molecule has 2 aromatic heterocycles. The SMILES string of the molecule is CC(=O)c1ccc(NC(=O)COC(=O)c2cc(C(C)C)nc3c2cnn3C(C)C)cc1. The molecule has 8 nitrogen and oxygen atoms in total. The summed E-state index contributed by atoms with van der Waals surface area (Å²) in [7, 11) is 0. The van der Waals surface area contributed by atoms with E-state index >= 15 is 0 Å². The molecule has 0 bridgehead atoms. The molecule has 1 N–H and O–H groups in total. The molecule has 3 aromatic rings. The van der Waals surface area contributed by atoms with E-state index in [1.807, 2.05) is 27.7 Å². The van der Waals surface area contributed by atoms with Crippen LogP contribution in [0.5, 0.6) is 0 Å². The molecule has 0 atom stereocenters. The second-order valence-corrected chi connectivity index (χ2v) is 7.93. The monoisotopic (exact) mass is 422 g/mol. The number of esters is 1. The average molecular weight is 422 g/mol. The molecule has 0 aliphatic heterocycles. The van der Waals surface area contributed by atoms with Crippen molar-refractivity contribution in [2.24, 2.45) is 0 Å². The third kappa shape index (κ3) is 4.96. The minimum atomic E-state index is -0.611. The van der Waals surface area contributed by atoms with Crippen molar-refractivity contribution in [1.82, 2.24) is 14.8 Å². The summed E-state index contributed by atoms with van der Waals surface area (Å²) in [6.07, 6.45) is 1.60. The molecule has 31 heavy (non-hydrogen) atoms. The van der Waals surface area contributed by atoms with Crippen LogP contribution in [-0.4, -0.2) is 39.0 Å². The summed E-state index contributed by atoms with van der Waals surface area (Å²) < 4.78 is 7.03. The third-order valence-corrected chi connectivity index (χ3v) is 4.80. The molecule has 0 fully saturated rings. The summed E-state index contributed by atoms with van der Waals surface area (Å²) in [6, 6.07) is 8.27. The van der Waals surface area contributed by atoms with E-state index in [2.05, 4.69) is 15.4 Å². The first kappa shape index (κ1) is 22.1. The fraction of sp³-hybridized carbons (Fsp3) is 0.348. The van der Waals surface area contributed by atoms with Gasteiger partial charge in [-0.25, -0.2) is 14.5 Å². The van der Waals surface area contributed by atoms with E-state index < -0.39 is 18.5 Å². The maximum Gasteiger partial charge on any atom is 0.339 e. The molecule has 2 heterocycles. The number of ether oxygens (including phenoxy) is 1. The minimum absolute atomic E-state index is 0.0583. The van der Waals surface area contributed by atoms with Gasteiger partial charge in [-0.2, -0.15) is 5.10 Å². The zero-order valence-corrected chi connectivity index (χ0v) is 18.3. The number of benzene rings is 1. The largest absolute Gasteiger partial charge is 0.452 e. The number of carbonyl (C=O) groups excluding carboxylic acids is 3. The lowest BCUT2D eigenvalue weighted by Gasteiger charge is -2.12. The van der Waals surface area contributed by atoms with Crippen molar-refractivity contribution in [3.8, 4) is 0 Å². The fourth-order valence-electron chi connectivity index (χ4n) is 3.07. The number of aromatic nitrogens is 3. The van der Waals surface area contributed by atoms with Crippen molar-refractivity contribution in [2.45, 2.75) is 46.6 Å². The standard InChI is InChI=1S/C23H26N4O4/c1-13(2)20-10-18(19-11-24-27(14(3)4)22(19)26-20)23(30)31-12-21(29)25-17-8-6-16(7-9-17)15(5)28/h6-11,13-14H,12H2,1-5H3,(H,25,29). The van der Waals surface area contributed by atoms with Gasteiger partial charge >= 0.3 is 5.97 Å². The zero-order valence-electron chi connectivity index (χ0n) is 18.3. The van der Waals surface area contributed by atoms with Crippen LogP contribution in [0.2, 0.25) is 0 Å². The Morgan fingerprint density at radius 3 is 2.35 bits per heavy atom. The van der Waals surface area contributed by atoms with Gasteiger partial charge in [0.05, 0.1) is 17.1 Å². The molecule has 0 spiro atoms. The van der Waals surface area contributed by atoms with Crippen LogP contribution in [0.25, 0.3) is 11.0 Å². The lowest BCUT2D eigenvalue weighted by Crippen LogP contribution is -2.21. The van der Waals surface area contributed by atoms with Gasteiger partial charge < -0.3 is 10.1 Å². The number of anilines is 1. The van der Waals surface area contributed by atoms with Crippen molar-refractivity contribution in [3.05, 3.63) is 53.3 Å². The number of fused-ring (bicyclic) bond motifs is 1. The van der Waals surface area contributed by atoms with E-state index in [4.69, 9.17) is 4.74 Å². The molecule has 1 aromatic carbocycles. The highest BCUT2D eigenvalue weighted by Gasteiger charge is 2.20. The van der Waals surface area contributed by atoms with Crippen LogP contribution in [0, 0.1) is 0 Å². The van der Waals surface area contributed by atoms with E-state index in [9.17, 15) is 14.4 Å². The van der Waals surface area contributed by atoms with E-state index in [1.54, 1.807) is 41.2 Å². The normalized spacial score (nSPS) is 11.2. The molecule has 0 saturated carbocycles. The highest BCUT2D eigenvalue weighted by molar-refractivity contribution is 6.04. The van der Waals surface area contributed by atoms with Crippen LogP contribution in [0.4, 0.5) is 5.69 Å². The van der Waals surface area contributed by atoms with Crippen molar-refractivity contribution in [1.29, 1.82) is 0 Å². The lowest BCUT2D eigenvalue weighted by atomic mass is 10.1. The first-order chi connectivity index (χ1) is 14.7. The fourth-order valence-corrected chi connectivity index (χ4v) is 3.07. The van der Waals surface area contributed by atoms with Gasteiger partial charge in [-0.05, 0) is 57.0 Å². The number of hydrogen-bond acceptors (Lipinski definition) is 6. The predicted octanol–water partition coefficient (Wildman–Crippen LogP) is 4.13. The van der Waals surface area contributed by atoms with Crippen LogP contribution in [0.3, 0.4) is 0 Å². The number of ketones is 1. The second kappa shape index (κ2) is 9.07. The van der Waals surface area contributed by atoms with Gasteiger partial charge in [0.2, 0.25) is 0 Å². The van der Waals surface area contributed by atoms with Crippen molar-refractivity contribution in [3.63, 3.8) is 0 Å². The van der Waals surface area contributed by atoms with E-state index in [0.717, 1.165) is 5.69 Å². The Morgan fingerprint density at radius 2 is 1.77 bits per heavy atom. The van der Waals surface area contributed by atoms with E-state index in [0.29, 0.717) is 27.8 Å². The Bertz CT molecular complexity index is 1130. The molecular weight excluding hydrogens is 396 g/mol. The summed E-state index contributed by atoms with van der Waals surface area (Å²) in [6.45, 7) is 8.99. The second-order valence-electron chi connectivity index (χ2n) is 7.93. The smallest absolute Gasteiger partial charge is 0.339 e. The van der Waals surface area contributed by atoms with Crippen molar-refractivity contribution in [2.75, 3.05) is 11.9 Å². The molecule has 0 aliphatic rings. The Hall–Kier alpha value is -3.55. The molecule has 3 rings (SSSR count).